The molecule has 0 fully saturated rings. The molecule has 3 heteroatoms. The quantitative estimate of drug-likeness (QED) is 0.738. The first kappa shape index (κ1) is 10.9. The summed E-state index contributed by atoms with van der Waals surface area (Å²) < 4.78 is 0. The van der Waals surface area contributed by atoms with Crippen molar-refractivity contribution in [3.8, 4) is 0 Å². The number of nitrogens with two attached hydrogens (primary N) is 1. The molecule has 1 rings (SSSR count). The molecule has 1 aromatic rings. The van der Waals surface area contributed by atoms with Gasteiger partial charge in [-0.1, -0.05) is 19.9 Å². The lowest BCUT2D eigenvalue weighted by Crippen LogP contribution is -2.29. The summed E-state index contributed by atoms with van der Waals surface area (Å²) >= 11 is 0. The minimum Gasteiger partial charge on any atom is -0.327 e. The van der Waals surface area contributed by atoms with Crippen molar-refractivity contribution < 1.29 is 4.79 Å². The molecule has 0 spiro atoms. The zero-order chi connectivity index (χ0) is 10.6. The number of carbonyl (C=O) groups excluding carboxylic acids is 1. The van der Waals surface area contributed by atoms with Crippen LogP contribution in [-0.4, -0.2) is 16.8 Å². The Kier molecular flexibility index (Phi) is 3.77. The van der Waals surface area contributed by atoms with E-state index in [0.717, 1.165) is 0 Å². The maximum atomic E-state index is 11.6. The van der Waals surface area contributed by atoms with Crippen LogP contribution >= 0.6 is 0 Å². The van der Waals surface area contributed by atoms with Gasteiger partial charge in [0.2, 0.25) is 0 Å². The third-order valence-corrected chi connectivity index (χ3v) is 2.23. The van der Waals surface area contributed by atoms with Gasteiger partial charge in [-0.05, 0) is 18.1 Å². The highest BCUT2D eigenvalue weighted by Gasteiger charge is 2.14. The lowest BCUT2D eigenvalue weighted by Gasteiger charge is -2.13. The number of pyridine rings is 1. The van der Waals surface area contributed by atoms with Gasteiger partial charge in [0.1, 0.15) is 5.69 Å². The van der Waals surface area contributed by atoms with Crippen LogP contribution in [0, 0.1) is 5.92 Å². The predicted molar refractivity (Wildman–Crippen MR) is 56.0 cm³/mol. The van der Waals surface area contributed by atoms with Crippen LogP contribution < -0.4 is 5.73 Å². The number of carbonyl (C=O) groups is 1. The van der Waals surface area contributed by atoms with Gasteiger partial charge in [-0.2, -0.15) is 0 Å². The molecule has 76 valence electrons. The third kappa shape index (κ3) is 2.92. The van der Waals surface area contributed by atoms with Gasteiger partial charge < -0.3 is 5.73 Å². The largest absolute Gasteiger partial charge is 0.327 e. The summed E-state index contributed by atoms with van der Waals surface area (Å²) in [5.74, 6) is 0.342. The van der Waals surface area contributed by atoms with Gasteiger partial charge in [-0.15, -0.1) is 0 Å². The number of Topliss-reactive ketones (excluding diaryl/α,β-unsaturated/α-hetero) is 1. The van der Waals surface area contributed by atoms with Crippen molar-refractivity contribution in [2.75, 3.05) is 0 Å². The maximum absolute atomic E-state index is 11.6. The molecule has 0 radical (unpaired) electrons. The first-order chi connectivity index (χ1) is 6.61. The van der Waals surface area contributed by atoms with Crippen molar-refractivity contribution in [3.63, 3.8) is 0 Å². The fraction of sp³-hybridized carbons (Fsp3) is 0.455. The Labute approximate surface area is 84.3 Å². The Balaban J connectivity index is 2.60. The molecule has 14 heavy (non-hydrogen) atoms. The molecule has 0 amide bonds. The van der Waals surface area contributed by atoms with E-state index in [1.54, 1.807) is 24.4 Å². The average Bonchev–Trinajstić information content (AvgIpc) is 2.19. The zero-order valence-electron chi connectivity index (χ0n) is 8.60. The monoisotopic (exact) mass is 192 g/mol. The van der Waals surface area contributed by atoms with Crippen LogP contribution in [-0.2, 0) is 0 Å². The van der Waals surface area contributed by atoms with Crippen LogP contribution in [0.5, 0.6) is 0 Å². The first-order valence-corrected chi connectivity index (χ1v) is 4.81. The summed E-state index contributed by atoms with van der Waals surface area (Å²) in [6.07, 6.45) is 1.99. The Hall–Kier alpha value is -1.22. The molecule has 0 saturated heterocycles. The molecule has 1 aromatic heterocycles. The number of hydrogen-bond donors (Lipinski definition) is 1. The van der Waals surface area contributed by atoms with E-state index in [9.17, 15) is 4.79 Å². The van der Waals surface area contributed by atoms with Gasteiger partial charge in [-0.3, -0.25) is 9.78 Å². The number of rotatable bonds is 4. The summed E-state index contributed by atoms with van der Waals surface area (Å²) in [4.78, 5) is 15.6. The Morgan fingerprint density at radius 1 is 1.50 bits per heavy atom. The smallest absolute Gasteiger partial charge is 0.182 e. The van der Waals surface area contributed by atoms with Crippen LogP contribution in [0.4, 0.5) is 0 Å². The lowest BCUT2D eigenvalue weighted by molar-refractivity contribution is 0.0963. The second kappa shape index (κ2) is 4.86. The lowest BCUT2D eigenvalue weighted by atomic mass is 9.98. The fourth-order valence-electron chi connectivity index (χ4n) is 1.08. The van der Waals surface area contributed by atoms with Crippen molar-refractivity contribution >= 4 is 5.78 Å². The molecule has 0 aliphatic heterocycles. The van der Waals surface area contributed by atoms with Crippen LogP contribution in [0.25, 0.3) is 0 Å². The van der Waals surface area contributed by atoms with Crippen molar-refractivity contribution in [2.24, 2.45) is 11.7 Å². The summed E-state index contributed by atoms with van der Waals surface area (Å²) in [6.45, 7) is 4.02. The number of aromatic nitrogens is 1. The van der Waals surface area contributed by atoms with Gasteiger partial charge in [0.15, 0.2) is 5.78 Å². The van der Waals surface area contributed by atoms with Crippen LogP contribution in [0.2, 0.25) is 0 Å². The van der Waals surface area contributed by atoms with E-state index < -0.39 is 0 Å². The molecule has 0 bridgehead atoms. The van der Waals surface area contributed by atoms with Crippen molar-refractivity contribution in [1.82, 2.24) is 4.98 Å². The van der Waals surface area contributed by atoms with E-state index in [1.165, 1.54) is 0 Å². The summed E-state index contributed by atoms with van der Waals surface area (Å²) in [5, 5.41) is 0. The number of ketones is 1. The van der Waals surface area contributed by atoms with Crippen LogP contribution in [0.15, 0.2) is 24.4 Å². The van der Waals surface area contributed by atoms with Gasteiger partial charge in [0, 0.05) is 18.7 Å². The summed E-state index contributed by atoms with van der Waals surface area (Å²) in [7, 11) is 0. The van der Waals surface area contributed by atoms with Crippen molar-refractivity contribution in [3.05, 3.63) is 30.1 Å². The van der Waals surface area contributed by atoms with E-state index in [2.05, 4.69) is 4.98 Å². The summed E-state index contributed by atoms with van der Waals surface area (Å²) in [6, 6.07) is 5.24. The average molecular weight is 192 g/mol. The highest BCUT2D eigenvalue weighted by molar-refractivity contribution is 5.94. The molecule has 0 aromatic carbocycles. The molecule has 2 N–H and O–H groups in total. The minimum atomic E-state index is -0.0792. The molecule has 1 heterocycles. The van der Waals surface area contributed by atoms with E-state index in [-0.39, 0.29) is 11.8 Å². The zero-order valence-corrected chi connectivity index (χ0v) is 8.60. The number of hydrogen-bond acceptors (Lipinski definition) is 3. The standard InChI is InChI=1S/C11H16N2O/c1-8(2)9(12)7-11(14)10-5-3-4-6-13-10/h3-6,8-9H,7,12H2,1-2H3/t9-/m1/s1. The molecular formula is C11H16N2O. The first-order valence-electron chi connectivity index (χ1n) is 4.81. The second-order valence-electron chi connectivity index (χ2n) is 3.75. The topological polar surface area (TPSA) is 56.0 Å². The minimum absolute atomic E-state index is 0.0202. The summed E-state index contributed by atoms with van der Waals surface area (Å²) in [5.41, 5.74) is 6.31. The molecule has 0 aliphatic carbocycles. The Morgan fingerprint density at radius 2 is 2.21 bits per heavy atom. The van der Waals surface area contributed by atoms with E-state index >= 15 is 0 Å². The predicted octanol–water partition coefficient (Wildman–Crippen LogP) is 1.64. The molecule has 0 saturated carbocycles. The van der Waals surface area contributed by atoms with Crippen LogP contribution in [0.3, 0.4) is 0 Å². The van der Waals surface area contributed by atoms with Gasteiger partial charge in [0.25, 0.3) is 0 Å². The highest BCUT2D eigenvalue weighted by Crippen LogP contribution is 2.07. The van der Waals surface area contributed by atoms with Crippen molar-refractivity contribution in [2.45, 2.75) is 26.3 Å². The van der Waals surface area contributed by atoms with E-state index in [0.29, 0.717) is 18.0 Å². The Morgan fingerprint density at radius 3 is 2.71 bits per heavy atom. The van der Waals surface area contributed by atoms with Gasteiger partial charge in [-0.25, -0.2) is 0 Å². The Bertz CT molecular complexity index is 295. The second-order valence-corrected chi connectivity index (χ2v) is 3.75. The highest BCUT2D eigenvalue weighted by atomic mass is 16.1. The fourth-order valence-corrected chi connectivity index (χ4v) is 1.08. The van der Waals surface area contributed by atoms with Gasteiger partial charge >= 0.3 is 0 Å². The van der Waals surface area contributed by atoms with Crippen LogP contribution in [0.1, 0.15) is 30.8 Å². The molecule has 3 nitrogen and oxygen atoms in total. The number of nitrogens with zero attached hydrogens (tertiary/aromatic N) is 1. The SMILES string of the molecule is CC(C)[C@H](N)CC(=O)c1ccccn1. The molecular weight excluding hydrogens is 176 g/mol. The van der Waals surface area contributed by atoms with E-state index in [4.69, 9.17) is 5.73 Å². The molecule has 0 aliphatic rings. The molecule has 1 atom stereocenters. The van der Waals surface area contributed by atoms with E-state index in [1.807, 2.05) is 13.8 Å². The van der Waals surface area contributed by atoms with Gasteiger partial charge in [0.05, 0.1) is 0 Å². The maximum Gasteiger partial charge on any atom is 0.182 e. The normalized spacial score (nSPS) is 12.9. The molecule has 0 unspecified atom stereocenters. The third-order valence-electron chi connectivity index (χ3n) is 2.23. The van der Waals surface area contributed by atoms with Crippen molar-refractivity contribution in [1.29, 1.82) is 0 Å².